The summed E-state index contributed by atoms with van der Waals surface area (Å²) in [7, 11) is 1.53. The molecule has 0 saturated carbocycles. The standard InChI is InChI=1S/C21H23IN2O2S/c1-21(2,3)13-5-6-14-15(10-23)20(27-18(14)9-13)24-11-12-7-16(22)19(25)17(8-12)26-4/h7-8,11,13,25H,5-6,9H2,1-4H3/t13-/m1/s1. The second kappa shape index (κ2) is 7.80. The number of nitrogens with zero attached hydrogens (tertiary/aromatic N) is 2. The lowest BCUT2D eigenvalue weighted by molar-refractivity contribution is 0.218. The van der Waals surface area contributed by atoms with Crippen molar-refractivity contribution in [2.45, 2.75) is 40.0 Å². The van der Waals surface area contributed by atoms with Crippen molar-refractivity contribution in [3.8, 4) is 17.6 Å². The molecule has 1 N–H and O–H groups in total. The van der Waals surface area contributed by atoms with E-state index in [9.17, 15) is 10.4 Å². The van der Waals surface area contributed by atoms with E-state index in [-0.39, 0.29) is 11.2 Å². The second-order valence-electron chi connectivity index (χ2n) is 7.91. The number of ether oxygens (including phenoxy) is 1. The minimum absolute atomic E-state index is 0.132. The first-order chi connectivity index (χ1) is 12.7. The minimum Gasteiger partial charge on any atom is -0.504 e. The van der Waals surface area contributed by atoms with Gasteiger partial charge in [-0.3, -0.25) is 0 Å². The molecule has 0 radical (unpaired) electrons. The average Bonchev–Trinajstić information content (AvgIpc) is 2.98. The van der Waals surface area contributed by atoms with Crippen molar-refractivity contribution in [1.29, 1.82) is 5.26 Å². The van der Waals surface area contributed by atoms with E-state index < -0.39 is 0 Å². The van der Waals surface area contributed by atoms with E-state index in [0.717, 1.165) is 35.4 Å². The van der Waals surface area contributed by atoms with Crippen molar-refractivity contribution in [2.24, 2.45) is 16.3 Å². The molecule has 142 valence electrons. The van der Waals surface area contributed by atoms with Gasteiger partial charge >= 0.3 is 0 Å². The Morgan fingerprint density at radius 1 is 1.41 bits per heavy atom. The van der Waals surface area contributed by atoms with Crippen LogP contribution in [0, 0.1) is 26.2 Å². The fourth-order valence-electron chi connectivity index (χ4n) is 3.47. The first-order valence-electron chi connectivity index (χ1n) is 8.89. The van der Waals surface area contributed by atoms with Crippen LogP contribution in [0.5, 0.6) is 11.5 Å². The molecule has 0 amide bonds. The Labute approximate surface area is 178 Å². The summed E-state index contributed by atoms with van der Waals surface area (Å²) in [5.74, 6) is 1.19. The number of aromatic hydroxyl groups is 1. The highest BCUT2D eigenvalue weighted by molar-refractivity contribution is 14.1. The molecule has 4 nitrogen and oxygen atoms in total. The molecule has 0 spiro atoms. The third-order valence-electron chi connectivity index (χ3n) is 5.18. The summed E-state index contributed by atoms with van der Waals surface area (Å²) in [6.07, 6.45) is 4.84. The number of phenolic OH excluding ortho intramolecular Hbond substituents is 1. The van der Waals surface area contributed by atoms with Crippen LogP contribution < -0.4 is 4.74 Å². The Morgan fingerprint density at radius 3 is 2.78 bits per heavy atom. The van der Waals surface area contributed by atoms with Crippen LogP contribution in [0.15, 0.2) is 17.1 Å². The maximum atomic E-state index is 9.97. The van der Waals surface area contributed by atoms with Gasteiger partial charge in [0.15, 0.2) is 11.5 Å². The topological polar surface area (TPSA) is 65.6 Å². The Morgan fingerprint density at radius 2 is 2.15 bits per heavy atom. The molecule has 0 fully saturated rings. The van der Waals surface area contributed by atoms with E-state index in [2.05, 4.69) is 54.4 Å². The molecule has 0 aliphatic heterocycles. The van der Waals surface area contributed by atoms with E-state index in [1.54, 1.807) is 23.6 Å². The van der Waals surface area contributed by atoms with Crippen LogP contribution in [-0.2, 0) is 12.8 Å². The summed E-state index contributed by atoms with van der Waals surface area (Å²) in [6.45, 7) is 6.88. The predicted octanol–water partition coefficient (Wildman–Crippen LogP) is 5.84. The number of fused-ring (bicyclic) bond motifs is 1. The van der Waals surface area contributed by atoms with Crippen LogP contribution in [0.3, 0.4) is 0 Å². The van der Waals surface area contributed by atoms with Crippen LogP contribution >= 0.6 is 33.9 Å². The lowest BCUT2D eigenvalue weighted by Gasteiger charge is -2.33. The zero-order chi connectivity index (χ0) is 19.8. The van der Waals surface area contributed by atoms with Gasteiger partial charge in [0.25, 0.3) is 0 Å². The molecule has 6 heteroatoms. The molecule has 1 atom stereocenters. The maximum Gasteiger partial charge on any atom is 0.171 e. The van der Waals surface area contributed by atoms with Gasteiger partial charge in [0.05, 0.1) is 16.2 Å². The number of hydrogen-bond acceptors (Lipinski definition) is 5. The van der Waals surface area contributed by atoms with Crippen LogP contribution in [0.4, 0.5) is 5.00 Å². The zero-order valence-corrected chi connectivity index (χ0v) is 18.9. The normalized spacial score (nSPS) is 17.0. The number of thiophene rings is 1. The fourth-order valence-corrected chi connectivity index (χ4v) is 5.32. The Bertz CT molecular complexity index is 935. The molecule has 1 aliphatic carbocycles. The maximum absolute atomic E-state index is 9.97. The highest BCUT2D eigenvalue weighted by Crippen LogP contribution is 2.45. The fraction of sp³-hybridized carbons (Fsp3) is 0.429. The van der Waals surface area contributed by atoms with Crippen molar-refractivity contribution >= 4 is 45.1 Å². The molecule has 0 bridgehead atoms. The number of nitriles is 1. The molecule has 1 aliphatic rings. The number of halogens is 1. The van der Waals surface area contributed by atoms with E-state index in [4.69, 9.17) is 4.74 Å². The molecule has 2 aromatic rings. The molecule has 0 unspecified atom stereocenters. The highest BCUT2D eigenvalue weighted by Gasteiger charge is 2.32. The average molecular weight is 494 g/mol. The molecular weight excluding hydrogens is 471 g/mol. The number of rotatable bonds is 3. The SMILES string of the molecule is COc1cc(C=Nc2sc3c(c2C#N)CC[C@@H](C(C)(C)C)C3)cc(I)c1O. The Balaban J connectivity index is 1.93. The third-order valence-corrected chi connectivity index (χ3v) is 7.17. The first kappa shape index (κ1) is 20.2. The van der Waals surface area contributed by atoms with Gasteiger partial charge in [0, 0.05) is 11.1 Å². The largest absolute Gasteiger partial charge is 0.504 e. The number of phenols is 1. The van der Waals surface area contributed by atoms with Gasteiger partial charge in [-0.25, -0.2) is 4.99 Å². The van der Waals surface area contributed by atoms with Crippen molar-refractivity contribution in [1.82, 2.24) is 0 Å². The summed E-state index contributed by atoms with van der Waals surface area (Å²) in [5.41, 5.74) is 3.01. The summed E-state index contributed by atoms with van der Waals surface area (Å²) in [5, 5.41) is 20.4. The number of aliphatic imine (C=N–C) groups is 1. The monoisotopic (exact) mass is 494 g/mol. The van der Waals surface area contributed by atoms with Crippen molar-refractivity contribution in [2.75, 3.05) is 7.11 Å². The van der Waals surface area contributed by atoms with Crippen LogP contribution in [-0.4, -0.2) is 18.4 Å². The van der Waals surface area contributed by atoms with Gasteiger partial charge in [-0.15, -0.1) is 11.3 Å². The van der Waals surface area contributed by atoms with E-state index in [1.165, 1.54) is 17.6 Å². The smallest absolute Gasteiger partial charge is 0.171 e. The van der Waals surface area contributed by atoms with Crippen molar-refractivity contribution in [3.63, 3.8) is 0 Å². The Hall–Kier alpha value is -1.59. The highest BCUT2D eigenvalue weighted by atomic mass is 127. The minimum atomic E-state index is 0.132. The lowest BCUT2D eigenvalue weighted by Crippen LogP contribution is -2.26. The van der Waals surface area contributed by atoms with E-state index in [1.807, 2.05) is 6.07 Å². The summed E-state index contributed by atoms with van der Waals surface area (Å²) in [6, 6.07) is 5.96. The summed E-state index contributed by atoms with van der Waals surface area (Å²) < 4.78 is 5.91. The first-order valence-corrected chi connectivity index (χ1v) is 10.8. The summed E-state index contributed by atoms with van der Waals surface area (Å²) in [4.78, 5) is 5.92. The van der Waals surface area contributed by atoms with Crippen LogP contribution in [0.2, 0.25) is 0 Å². The van der Waals surface area contributed by atoms with Crippen LogP contribution in [0.25, 0.3) is 0 Å². The second-order valence-corrected chi connectivity index (χ2v) is 10.2. The predicted molar refractivity (Wildman–Crippen MR) is 119 cm³/mol. The number of methoxy groups -OCH3 is 1. The number of hydrogen-bond donors (Lipinski definition) is 1. The molecule has 0 saturated heterocycles. The van der Waals surface area contributed by atoms with Gasteiger partial charge in [0.2, 0.25) is 0 Å². The van der Waals surface area contributed by atoms with Crippen molar-refractivity contribution < 1.29 is 9.84 Å². The molecular formula is C21H23IN2O2S. The number of benzene rings is 1. The zero-order valence-electron chi connectivity index (χ0n) is 16.0. The van der Waals surface area contributed by atoms with Crippen molar-refractivity contribution in [3.05, 3.63) is 37.3 Å². The van der Waals surface area contributed by atoms with Gasteiger partial charge in [-0.1, -0.05) is 20.8 Å². The van der Waals surface area contributed by atoms with Crippen LogP contribution in [0.1, 0.15) is 48.8 Å². The van der Waals surface area contributed by atoms with E-state index >= 15 is 0 Å². The van der Waals surface area contributed by atoms with Gasteiger partial charge < -0.3 is 9.84 Å². The Kier molecular flexibility index (Phi) is 5.82. The summed E-state index contributed by atoms with van der Waals surface area (Å²) >= 11 is 3.71. The van der Waals surface area contributed by atoms with E-state index in [0.29, 0.717) is 15.2 Å². The molecule has 1 aromatic carbocycles. The van der Waals surface area contributed by atoms with Gasteiger partial charge in [-0.2, -0.15) is 5.26 Å². The quantitative estimate of drug-likeness (QED) is 0.431. The molecule has 27 heavy (non-hydrogen) atoms. The molecule has 1 heterocycles. The molecule has 1 aromatic heterocycles. The third kappa shape index (κ3) is 4.14. The molecule has 3 rings (SSSR count). The van der Waals surface area contributed by atoms with Gasteiger partial charge in [0.1, 0.15) is 11.1 Å². The van der Waals surface area contributed by atoms with Gasteiger partial charge in [-0.05, 0) is 76.4 Å². The lowest BCUT2D eigenvalue weighted by atomic mass is 9.72.